The summed E-state index contributed by atoms with van der Waals surface area (Å²) in [4.78, 5) is 26.4. The number of likely N-dealkylation sites (tertiary alicyclic amines) is 1. The maximum Gasteiger partial charge on any atom is 0.253 e. The molecule has 0 radical (unpaired) electrons. The van der Waals surface area contributed by atoms with E-state index in [4.69, 9.17) is 4.42 Å². The predicted octanol–water partition coefficient (Wildman–Crippen LogP) is 3.31. The summed E-state index contributed by atoms with van der Waals surface area (Å²) in [6, 6.07) is 15.0. The van der Waals surface area contributed by atoms with Crippen molar-refractivity contribution in [3.05, 3.63) is 59.7 Å². The second kappa shape index (κ2) is 8.49. The molecule has 1 fully saturated rings. The Morgan fingerprint density at radius 1 is 1.00 bits per heavy atom. The minimum atomic E-state index is -0.0250. The Morgan fingerprint density at radius 3 is 2.33 bits per heavy atom. The number of piperidine rings is 1. The van der Waals surface area contributed by atoms with Gasteiger partial charge in [0.1, 0.15) is 0 Å². The van der Waals surface area contributed by atoms with E-state index >= 15 is 0 Å². The number of aryl methyl sites for hydroxylation is 1. The van der Waals surface area contributed by atoms with Gasteiger partial charge in [-0.2, -0.15) is 0 Å². The maximum absolute atomic E-state index is 12.8. The van der Waals surface area contributed by atoms with Crippen molar-refractivity contribution < 1.29 is 14.0 Å². The molecule has 1 aliphatic heterocycles. The summed E-state index contributed by atoms with van der Waals surface area (Å²) in [5.74, 6) is 0.904. The van der Waals surface area contributed by atoms with Gasteiger partial charge in [-0.3, -0.25) is 9.59 Å². The van der Waals surface area contributed by atoms with Crippen LogP contribution in [0.4, 0.5) is 0 Å². The van der Waals surface area contributed by atoms with Gasteiger partial charge in [-0.15, -0.1) is 10.2 Å². The minimum Gasteiger partial charge on any atom is -0.416 e. The molecule has 2 amide bonds. The van der Waals surface area contributed by atoms with Crippen LogP contribution >= 0.6 is 0 Å². The quantitative estimate of drug-likeness (QED) is 0.721. The lowest BCUT2D eigenvalue weighted by molar-refractivity contribution is -0.125. The second-order valence-corrected chi connectivity index (χ2v) is 7.49. The van der Waals surface area contributed by atoms with Crippen molar-refractivity contribution in [2.45, 2.75) is 19.8 Å². The van der Waals surface area contributed by atoms with E-state index in [0.29, 0.717) is 43.3 Å². The first-order chi connectivity index (χ1) is 14.6. The number of aromatic nitrogens is 2. The van der Waals surface area contributed by atoms with Crippen LogP contribution in [0.3, 0.4) is 0 Å². The Morgan fingerprint density at radius 2 is 1.67 bits per heavy atom. The van der Waals surface area contributed by atoms with Gasteiger partial charge in [0, 0.05) is 42.7 Å². The van der Waals surface area contributed by atoms with E-state index in [1.54, 1.807) is 24.1 Å². The van der Waals surface area contributed by atoms with Crippen molar-refractivity contribution in [3.63, 3.8) is 0 Å². The number of carbonyl (C=O) groups excluding carboxylic acids is 2. The Bertz CT molecular complexity index is 1050. The van der Waals surface area contributed by atoms with E-state index in [-0.39, 0.29) is 17.7 Å². The average molecular weight is 404 g/mol. The van der Waals surface area contributed by atoms with Crippen molar-refractivity contribution in [3.8, 4) is 22.9 Å². The molecular weight excluding hydrogens is 380 g/mol. The third-order valence-corrected chi connectivity index (χ3v) is 5.58. The van der Waals surface area contributed by atoms with E-state index in [9.17, 15) is 9.59 Å². The molecule has 2 aromatic carbocycles. The first kappa shape index (κ1) is 19.8. The van der Waals surface area contributed by atoms with Crippen molar-refractivity contribution in [1.29, 1.82) is 0 Å². The third kappa shape index (κ3) is 3.96. The average Bonchev–Trinajstić information content (AvgIpc) is 3.28. The largest absolute Gasteiger partial charge is 0.416 e. The molecule has 0 spiro atoms. The summed E-state index contributed by atoms with van der Waals surface area (Å²) in [6.07, 6.45) is 1.38. The van der Waals surface area contributed by atoms with Crippen molar-refractivity contribution in [1.82, 2.24) is 20.4 Å². The normalized spacial score (nSPS) is 14.5. The fourth-order valence-electron chi connectivity index (χ4n) is 3.75. The second-order valence-electron chi connectivity index (χ2n) is 7.49. The lowest BCUT2D eigenvalue weighted by atomic mass is 9.95. The SMILES string of the molecule is CNC(=O)C1CCN(C(=O)c2ccc(-c3nnc(-c4ccccc4C)o3)cc2)CC1. The molecule has 1 N–H and O–H groups in total. The number of benzene rings is 2. The van der Waals surface area contributed by atoms with Crippen LogP contribution in [0.5, 0.6) is 0 Å². The maximum atomic E-state index is 12.8. The summed E-state index contributed by atoms with van der Waals surface area (Å²) in [5, 5.41) is 11.0. The zero-order chi connectivity index (χ0) is 21.1. The first-order valence-corrected chi connectivity index (χ1v) is 10.1. The molecule has 0 saturated carbocycles. The van der Waals surface area contributed by atoms with Crippen molar-refractivity contribution in [2.24, 2.45) is 5.92 Å². The van der Waals surface area contributed by atoms with E-state index < -0.39 is 0 Å². The monoisotopic (exact) mass is 404 g/mol. The molecule has 0 aliphatic carbocycles. The highest BCUT2D eigenvalue weighted by molar-refractivity contribution is 5.94. The molecule has 3 aromatic rings. The van der Waals surface area contributed by atoms with Gasteiger partial charge in [-0.1, -0.05) is 18.2 Å². The van der Waals surface area contributed by atoms with E-state index in [2.05, 4.69) is 15.5 Å². The van der Waals surface area contributed by atoms with Crippen LogP contribution in [0.15, 0.2) is 52.9 Å². The topological polar surface area (TPSA) is 88.3 Å². The van der Waals surface area contributed by atoms with Crippen LogP contribution in [0, 0.1) is 12.8 Å². The predicted molar refractivity (Wildman–Crippen MR) is 113 cm³/mol. The summed E-state index contributed by atoms with van der Waals surface area (Å²) in [5.41, 5.74) is 3.34. The van der Waals surface area contributed by atoms with Crippen LogP contribution in [0.1, 0.15) is 28.8 Å². The summed E-state index contributed by atoms with van der Waals surface area (Å²) < 4.78 is 5.84. The highest BCUT2D eigenvalue weighted by Gasteiger charge is 2.27. The lowest BCUT2D eigenvalue weighted by Crippen LogP contribution is -2.42. The van der Waals surface area contributed by atoms with E-state index in [1.165, 1.54) is 0 Å². The molecule has 30 heavy (non-hydrogen) atoms. The van der Waals surface area contributed by atoms with Crippen LogP contribution in [0.2, 0.25) is 0 Å². The molecule has 2 heterocycles. The number of nitrogens with one attached hydrogen (secondary N) is 1. The van der Waals surface area contributed by atoms with Crippen LogP contribution in [-0.2, 0) is 4.79 Å². The lowest BCUT2D eigenvalue weighted by Gasteiger charge is -2.31. The number of hydrogen-bond acceptors (Lipinski definition) is 5. The van der Waals surface area contributed by atoms with Gasteiger partial charge in [0.2, 0.25) is 17.7 Å². The molecule has 4 rings (SSSR count). The van der Waals surface area contributed by atoms with Gasteiger partial charge in [0.05, 0.1) is 0 Å². The third-order valence-electron chi connectivity index (χ3n) is 5.58. The van der Waals surface area contributed by atoms with Crippen LogP contribution in [0.25, 0.3) is 22.9 Å². The highest BCUT2D eigenvalue weighted by Crippen LogP contribution is 2.26. The van der Waals surface area contributed by atoms with Gasteiger partial charge in [0.15, 0.2) is 0 Å². The Kier molecular flexibility index (Phi) is 5.61. The van der Waals surface area contributed by atoms with Gasteiger partial charge in [0.25, 0.3) is 5.91 Å². The Balaban J connectivity index is 1.44. The number of rotatable bonds is 4. The summed E-state index contributed by atoms with van der Waals surface area (Å²) in [6.45, 7) is 3.17. The van der Waals surface area contributed by atoms with Gasteiger partial charge < -0.3 is 14.6 Å². The number of amides is 2. The van der Waals surface area contributed by atoms with Gasteiger partial charge >= 0.3 is 0 Å². The summed E-state index contributed by atoms with van der Waals surface area (Å²) >= 11 is 0. The molecule has 7 nitrogen and oxygen atoms in total. The first-order valence-electron chi connectivity index (χ1n) is 10.1. The van der Waals surface area contributed by atoms with E-state index in [1.807, 2.05) is 43.3 Å². The van der Waals surface area contributed by atoms with E-state index in [0.717, 1.165) is 16.7 Å². The van der Waals surface area contributed by atoms with Crippen LogP contribution in [-0.4, -0.2) is 47.0 Å². The Labute approximate surface area is 175 Å². The molecule has 154 valence electrons. The minimum absolute atomic E-state index is 0.0126. The van der Waals surface area contributed by atoms with Gasteiger partial charge in [-0.25, -0.2) is 0 Å². The summed E-state index contributed by atoms with van der Waals surface area (Å²) in [7, 11) is 1.65. The molecular formula is C23H24N4O3. The molecule has 0 atom stereocenters. The zero-order valence-corrected chi connectivity index (χ0v) is 17.1. The molecule has 0 bridgehead atoms. The molecule has 7 heteroatoms. The number of nitrogens with zero attached hydrogens (tertiary/aromatic N) is 3. The molecule has 0 unspecified atom stereocenters. The highest BCUT2D eigenvalue weighted by atomic mass is 16.4. The molecule has 1 aromatic heterocycles. The Hall–Kier alpha value is -3.48. The molecule has 1 saturated heterocycles. The smallest absolute Gasteiger partial charge is 0.253 e. The van der Waals surface area contributed by atoms with Gasteiger partial charge in [-0.05, 0) is 55.7 Å². The zero-order valence-electron chi connectivity index (χ0n) is 17.1. The molecule has 1 aliphatic rings. The van der Waals surface area contributed by atoms with Crippen molar-refractivity contribution >= 4 is 11.8 Å². The number of carbonyl (C=O) groups is 2. The number of hydrogen-bond donors (Lipinski definition) is 1. The fraction of sp³-hybridized carbons (Fsp3) is 0.304. The standard InChI is InChI=1S/C23H24N4O3/c1-15-5-3-4-6-19(15)22-26-25-21(30-22)17-7-9-18(10-8-17)23(29)27-13-11-16(12-14-27)20(28)24-2/h3-10,16H,11-14H2,1-2H3,(H,24,28). The fourth-order valence-corrected chi connectivity index (χ4v) is 3.75. The van der Waals surface area contributed by atoms with Crippen LogP contribution < -0.4 is 5.32 Å². The van der Waals surface area contributed by atoms with Crippen molar-refractivity contribution in [2.75, 3.05) is 20.1 Å².